The summed E-state index contributed by atoms with van der Waals surface area (Å²) in [4.78, 5) is 2.32. The third-order valence-electron chi connectivity index (χ3n) is 2.96. The van der Waals surface area contributed by atoms with Crippen molar-refractivity contribution in [3.05, 3.63) is 21.3 Å². The minimum Gasteiger partial charge on any atom is -0.330 e. The van der Waals surface area contributed by atoms with E-state index in [0.29, 0.717) is 12.6 Å². The molecule has 0 aliphatic carbocycles. The molecular weight excluding hydrogens is 240 g/mol. The van der Waals surface area contributed by atoms with Gasteiger partial charge in [0.1, 0.15) is 0 Å². The zero-order chi connectivity index (χ0) is 12.3. The van der Waals surface area contributed by atoms with Gasteiger partial charge in [-0.3, -0.25) is 4.90 Å². The van der Waals surface area contributed by atoms with Crippen LogP contribution >= 0.6 is 22.9 Å². The standard InChI is InChI=1S/C12H21ClN2S/c1-9(10-5-11(13)16-6-10)15(4)8-12(2,3)7-14/h5-6,9H,7-8,14H2,1-4H3. The second kappa shape index (κ2) is 5.50. The van der Waals surface area contributed by atoms with Gasteiger partial charge >= 0.3 is 0 Å². The summed E-state index contributed by atoms with van der Waals surface area (Å²) in [5, 5.41) is 2.12. The average molecular weight is 261 g/mol. The molecule has 1 aromatic heterocycles. The van der Waals surface area contributed by atoms with Gasteiger partial charge in [0, 0.05) is 12.6 Å². The van der Waals surface area contributed by atoms with E-state index in [9.17, 15) is 0 Å². The Kier molecular flexibility index (Phi) is 4.80. The largest absolute Gasteiger partial charge is 0.330 e. The fourth-order valence-electron chi connectivity index (χ4n) is 1.67. The fourth-order valence-corrected chi connectivity index (χ4v) is 2.65. The van der Waals surface area contributed by atoms with Gasteiger partial charge in [0.2, 0.25) is 0 Å². The molecule has 0 saturated heterocycles. The molecule has 4 heteroatoms. The van der Waals surface area contributed by atoms with Crippen LogP contribution in [0.1, 0.15) is 32.4 Å². The molecule has 0 amide bonds. The second-order valence-corrected chi connectivity index (χ2v) is 6.69. The van der Waals surface area contributed by atoms with Gasteiger partial charge in [-0.05, 0) is 42.9 Å². The number of hydrogen-bond donors (Lipinski definition) is 1. The Morgan fingerprint density at radius 3 is 2.62 bits per heavy atom. The van der Waals surface area contributed by atoms with Gasteiger partial charge in [0.05, 0.1) is 4.34 Å². The minimum atomic E-state index is 0.156. The lowest BCUT2D eigenvalue weighted by atomic mass is 9.92. The maximum absolute atomic E-state index is 5.95. The van der Waals surface area contributed by atoms with Crippen LogP contribution in [0.15, 0.2) is 11.4 Å². The summed E-state index contributed by atoms with van der Waals surface area (Å²) in [5.74, 6) is 0. The molecule has 1 heterocycles. The van der Waals surface area contributed by atoms with Crippen LogP contribution in [0, 0.1) is 5.41 Å². The monoisotopic (exact) mass is 260 g/mol. The lowest BCUT2D eigenvalue weighted by molar-refractivity contribution is 0.174. The number of rotatable bonds is 5. The van der Waals surface area contributed by atoms with Crippen LogP contribution in [0.3, 0.4) is 0 Å². The highest BCUT2D eigenvalue weighted by atomic mass is 35.5. The van der Waals surface area contributed by atoms with Gasteiger partial charge in [0.15, 0.2) is 0 Å². The molecule has 1 unspecified atom stereocenters. The van der Waals surface area contributed by atoms with Crippen LogP contribution in [-0.2, 0) is 0 Å². The normalized spacial score (nSPS) is 14.4. The molecule has 0 aromatic carbocycles. The van der Waals surface area contributed by atoms with Crippen molar-refractivity contribution >= 4 is 22.9 Å². The molecule has 1 aromatic rings. The maximum Gasteiger partial charge on any atom is 0.0931 e. The molecule has 0 aliphatic heterocycles. The highest BCUT2D eigenvalue weighted by molar-refractivity contribution is 7.14. The van der Waals surface area contributed by atoms with Gasteiger partial charge in [-0.2, -0.15) is 0 Å². The van der Waals surface area contributed by atoms with E-state index in [1.807, 2.05) is 6.07 Å². The smallest absolute Gasteiger partial charge is 0.0931 e. The summed E-state index contributed by atoms with van der Waals surface area (Å²) in [6, 6.07) is 2.43. The Morgan fingerprint density at radius 2 is 2.19 bits per heavy atom. The fraction of sp³-hybridized carbons (Fsp3) is 0.667. The zero-order valence-corrected chi connectivity index (χ0v) is 12.0. The van der Waals surface area contributed by atoms with E-state index in [0.717, 1.165) is 10.9 Å². The molecule has 0 bridgehead atoms. The molecule has 0 spiro atoms. The van der Waals surface area contributed by atoms with E-state index in [4.69, 9.17) is 17.3 Å². The van der Waals surface area contributed by atoms with E-state index in [2.05, 4.69) is 38.1 Å². The van der Waals surface area contributed by atoms with Crippen LogP contribution in [0.25, 0.3) is 0 Å². The lowest BCUT2D eigenvalue weighted by Crippen LogP contribution is -2.37. The van der Waals surface area contributed by atoms with Crippen LogP contribution in [0.2, 0.25) is 4.34 Å². The average Bonchev–Trinajstić information content (AvgIpc) is 2.63. The highest BCUT2D eigenvalue weighted by Crippen LogP contribution is 2.29. The molecular formula is C12H21ClN2S. The third-order valence-corrected chi connectivity index (χ3v) is 4.07. The minimum absolute atomic E-state index is 0.156. The van der Waals surface area contributed by atoms with Crippen molar-refractivity contribution in [2.45, 2.75) is 26.8 Å². The van der Waals surface area contributed by atoms with E-state index in [1.54, 1.807) is 11.3 Å². The SMILES string of the molecule is CC(c1csc(Cl)c1)N(C)CC(C)(C)CN. The van der Waals surface area contributed by atoms with Crippen LogP contribution < -0.4 is 5.73 Å². The Hall–Kier alpha value is -0.0900. The third kappa shape index (κ3) is 3.74. The van der Waals surface area contributed by atoms with Crippen molar-refractivity contribution in [1.29, 1.82) is 0 Å². The summed E-state index contributed by atoms with van der Waals surface area (Å²) in [6.07, 6.45) is 0. The molecule has 1 rings (SSSR count). The maximum atomic E-state index is 5.95. The molecule has 0 saturated carbocycles. The van der Waals surface area contributed by atoms with Gasteiger partial charge in [-0.1, -0.05) is 25.4 Å². The van der Waals surface area contributed by atoms with Gasteiger partial charge < -0.3 is 5.73 Å². The van der Waals surface area contributed by atoms with Gasteiger partial charge in [0.25, 0.3) is 0 Å². The van der Waals surface area contributed by atoms with Crippen molar-refractivity contribution in [2.24, 2.45) is 11.1 Å². The first-order valence-electron chi connectivity index (χ1n) is 5.50. The Morgan fingerprint density at radius 1 is 1.56 bits per heavy atom. The molecule has 2 nitrogen and oxygen atoms in total. The van der Waals surface area contributed by atoms with Crippen molar-refractivity contribution in [3.8, 4) is 0 Å². The summed E-state index contributed by atoms with van der Waals surface area (Å²) in [5.41, 5.74) is 7.19. The number of nitrogens with two attached hydrogens (primary N) is 1. The van der Waals surface area contributed by atoms with Crippen molar-refractivity contribution < 1.29 is 0 Å². The van der Waals surface area contributed by atoms with Gasteiger partial charge in [-0.25, -0.2) is 0 Å². The molecule has 0 radical (unpaired) electrons. The first-order chi connectivity index (χ1) is 7.35. The topological polar surface area (TPSA) is 29.3 Å². The summed E-state index contributed by atoms with van der Waals surface area (Å²) in [7, 11) is 2.13. The first kappa shape index (κ1) is 14.0. The second-order valence-electron chi connectivity index (χ2n) is 5.14. The van der Waals surface area contributed by atoms with Crippen molar-refractivity contribution in [3.63, 3.8) is 0 Å². The number of hydrogen-bond acceptors (Lipinski definition) is 3. The Bertz CT molecular complexity index is 336. The zero-order valence-electron chi connectivity index (χ0n) is 10.5. The van der Waals surface area contributed by atoms with E-state index in [1.165, 1.54) is 5.56 Å². The van der Waals surface area contributed by atoms with Gasteiger partial charge in [-0.15, -0.1) is 11.3 Å². The number of nitrogens with zero attached hydrogens (tertiary/aromatic N) is 1. The summed E-state index contributed by atoms with van der Waals surface area (Å²) < 4.78 is 0.855. The van der Waals surface area contributed by atoms with Crippen LogP contribution in [-0.4, -0.2) is 25.0 Å². The number of halogens is 1. The first-order valence-corrected chi connectivity index (χ1v) is 6.76. The quantitative estimate of drug-likeness (QED) is 0.880. The summed E-state index contributed by atoms with van der Waals surface area (Å²) in [6.45, 7) is 8.27. The van der Waals surface area contributed by atoms with Crippen LogP contribution in [0.4, 0.5) is 0 Å². The lowest BCUT2D eigenvalue weighted by Gasteiger charge is -2.32. The molecule has 0 aliphatic rings. The predicted molar refractivity (Wildman–Crippen MR) is 73.2 cm³/mol. The molecule has 2 N–H and O–H groups in total. The van der Waals surface area contributed by atoms with E-state index < -0.39 is 0 Å². The predicted octanol–water partition coefficient (Wildman–Crippen LogP) is 3.38. The molecule has 0 fully saturated rings. The summed E-state index contributed by atoms with van der Waals surface area (Å²) >= 11 is 7.54. The highest BCUT2D eigenvalue weighted by Gasteiger charge is 2.22. The van der Waals surface area contributed by atoms with E-state index in [-0.39, 0.29) is 5.41 Å². The molecule has 92 valence electrons. The number of thiophene rings is 1. The van der Waals surface area contributed by atoms with Crippen molar-refractivity contribution in [2.75, 3.05) is 20.1 Å². The Balaban J connectivity index is 2.64. The Labute approximate surface area is 107 Å². The van der Waals surface area contributed by atoms with E-state index >= 15 is 0 Å². The van der Waals surface area contributed by atoms with Crippen molar-refractivity contribution in [1.82, 2.24) is 4.90 Å². The molecule has 16 heavy (non-hydrogen) atoms. The van der Waals surface area contributed by atoms with Crippen LogP contribution in [0.5, 0.6) is 0 Å². The molecule has 1 atom stereocenters.